The van der Waals surface area contributed by atoms with Gasteiger partial charge in [0.15, 0.2) is 0 Å². The summed E-state index contributed by atoms with van der Waals surface area (Å²) in [4.78, 5) is 11.6. The highest BCUT2D eigenvalue weighted by atomic mass is 16.1. The van der Waals surface area contributed by atoms with Crippen LogP contribution in [0.2, 0.25) is 0 Å². The lowest BCUT2D eigenvalue weighted by Crippen LogP contribution is -2.48. The van der Waals surface area contributed by atoms with Crippen molar-refractivity contribution in [3.8, 4) is 0 Å². The van der Waals surface area contributed by atoms with E-state index < -0.39 is 5.54 Å². The smallest absolute Gasteiger partial charge is 0.242 e. The molecule has 1 aliphatic carbocycles. The van der Waals surface area contributed by atoms with Gasteiger partial charge in [0.2, 0.25) is 5.91 Å². The summed E-state index contributed by atoms with van der Waals surface area (Å²) in [5.41, 5.74) is 7.06. The predicted octanol–water partition coefficient (Wildman–Crippen LogP) is 2.45. The highest BCUT2D eigenvalue weighted by molar-refractivity contribution is 5.87. The molecule has 1 amide bonds. The number of rotatable bonds is 5. The summed E-state index contributed by atoms with van der Waals surface area (Å²) in [6.45, 7) is 3.94. The predicted molar refractivity (Wildman–Crippen MR) is 69.7 cm³/mol. The molecule has 3 N–H and O–H groups in total. The van der Waals surface area contributed by atoms with Crippen molar-refractivity contribution in [2.24, 2.45) is 11.7 Å². The zero-order chi connectivity index (χ0) is 12.5. The van der Waals surface area contributed by atoms with Crippen LogP contribution in [0, 0.1) is 12.8 Å². The maximum Gasteiger partial charge on any atom is 0.242 e. The topological polar surface area (TPSA) is 55.1 Å². The van der Waals surface area contributed by atoms with E-state index in [1.54, 1.807) is 0 Å². The summed E-state index contributed by atoms with van der Waals surface area (Å²) in [7, 11) is 0. The minimum atomic E-state index is -0.629. The van der Waals surface area contributed by atoms with Gasteiger partial charge in [0.05, 0.1) is 0 Å². The SMILES string of the molecule is Cc1ccc(NC(C)(CC2CC2)C(N)=O)cc1. The second-order valence-electron chi connectivity index (χ2n) is 5.33. The van der Waals surface area contributed by atoms with Gasteiger partial charge in [-0.05, 0) is 38.3 Å². The Bertz CT molecular complexity index is 409. The molecule has 0 aliphatic heterocycles. The van der Waals surface area contributed by atoms with Gasteiger partial charge in [-0.25, -0.2) is 0 Å². The Morgan fingerprint density at radius 3 is 2.47 bits per heavy atom. The monoisotopic (exact) mass is 232 g/mol. The Morgan fingerprint density at radius 2 is 2.00 bits per heavy atom. The molecule has 3 heteroatoms. The number of anilines is 1. The molecule has 0 aromatic heterocycles. The fourth-order valence-corrected chi connectivity index (χ4v) is 2.07. The number of hydrogen-bond donors (Lipinski definition) is 2. The highest BCUT2D eigenvalue weighted by Crippen LogP contribution is 2.37. The molecule has 17 heavy (non-hydrogen) atoms. The van der Waals surface area contributed by atoms with Crippen molar-refractivity contribution in [2.75, 3.05) is 5.32 Å². The maximum atomic E-state index is 11.6. The lowest BCUT2D eigenvalue weighted by Gasteiger charge is -2.28. The quantitative estimate of drug-likeness (QED) is 0.819. The van der Waals surface area contributed by atoms with E-state index in [0.29, 0.717) is 5.92 Å². The Kier molecular flexibility index (Phi) is 3.09. The van der Waals surface area contributed by atoms with E-state index in [1.165, 1.54) is 18.4 Å². The molecule has 1 saturated carbocycles. The van der Waals surface area contributed by atoms with Crippen LogP contribution < -0.4 is 11.1 Å². The van der Waals surface area contributed by atoms with Crippen LogP contribution in [-0.2, 0) is 4.79 Å². The lowest BCUT2D eigenvalue weighted by atomic mass is 9.93. The van der Waals surface area contributed by atoms with Crippen molar-refractivity contribution in [1.29, 1.82) is 0 Å². The number of carbonyl (C=O) groups excluding carboxylic acids is 1. The first-order valence-electron chi connectivity index (χ1n) is 6.14. The first kappa shape index (κ1) is 12.0. The maximum absolute atomic E-state index is 11.6. The van der Waals surface area contributed by atoms with E-state index in [-0.39, 0.29) is 5.91 Å². The molecule has 1 fully saturated rings. The van der Waals surface area contributed by atoms with Crippen molar-refractivity contribution in [2.45, 2.75) is 38.6 Å². The van der Waals surface area contributed by atoms with Crippen molar-refractivity contribution < 1.29 is 4.79 Å². The van der Waals surface area contributed by atoms with Crippen LogP contribution in [0.15, 0.2) is 24.3 Å². The molecule has 1 unspecified atom stereocenters. The van der Waals surface area contributed by atoms with Gasteiger partial charge >= 0.3 is 0 Å². The second-order valence-corrected chi connectivity index (χ2v) is 5.33. The van der Waals surface area contributed by atoms with Crippen LogP contribution in [0.1, 0.15) is 31.7 Å². The minimum Gasteiger partial charge on any atom is -0.371 e. The summed E-state index contributed by atoms with van der Waals surface area (Å²) in [5.74, 6) is 0.385. The molecule has 0 heterocycles. The molecule has 0 bridgehead atoms. The first-order chi connectivity index (χ1) is 7.99. The molecular formula is C14H20N2O. The van der Waals surface area contributed by atoms with Gasteiger partial charge in [-0.1, -0.05) is 30.5 Å². The van der Waals surface area contributed by atoms with Gasteiger partial charge in [0.1, 0.15) is 5.54 Å². The number of hydrogen-bond acceptors (Lipinski definition) is 2. The normalized spacial score (nSPS) is 18.5. The van der Waals surface area contributed by atoms with Crippen molar-refractivity contribution in [1.82, 2.24) is 0 Å². The van der Waals surface area contributed by atoms with Crippen LogP contribution in [0.25, 0.3) is 0 Å². The highest BCUT2D eigenvalue weighted by Gasteiger charge is 2.37. The van der Waals surface area contributed by atoms with E-state index in [9.17, 15) is 4.79 Å². The number of amides is 1. The van der Waals surface area contributed by atoms with Crippen LogP contribution in [0.5, 0.6) is 0 Å². The summed E-state index contributed by atoms with van der Waals surface area (Å²) in [6.07, 6.45) is 3.27. The third-order valence-electron chi connectivity index (χ3n) is 3.41. The van der Waals surface area contributed by atoms with E-state index in [4.69, 9.17) is 5.73 Å². The second kappa shape index (κ2) is 4.40. The van der Waals surface area contributed by atoms with Crippen LogP contribution >= 0.6 is 0 Å². The van der Waals surface area contributed by atoms with Crippen LogP contribution in [-0.4, -0.2) is 11.4 Å². The van der Waals surface area contributed by atoms with E-state index in [1.807, 2.05) is 38.1 Å². The molecule has 0 saturated heterocycles. The van der Waals surface area contributed by atoms with Gasteiger partial charge < -0.3 is 11.1 Å². The van der Waals surface area contributed by atoms with Gasteiger partial charge in [-0.15, -0.1) is 0 Å². The molecule has 0 spiro atoms. The Balaban J connectivity index is 2.11. The fourth-order valence-electron chi connectivity index (χ4n) is 2.07. The number of primary amides is 1. The largest absolute Gasteiger partial charge is 0.371 e. The summed E-state index contributed by atoms with van der Waals surface area (Å²) < 4.78 is 0. The number of carbonyl (C=O) groups is 1. The van der Waals surface area contributed by atoms with Gasteiger partial charge in [0, 0.05) is 5.69 Å². The van der Waals surface area contributed by atoms with Crippen molar-refractivity contribution in [3.63, 3.8) is 0 Å². The molecule has 3 nitrogen and oxygen atoms in total. The molecule has 2 rings (SSSR count). The van der Waals surface area contributed by atoms with E-state index in [0.717, 1.165) is 12.1 Å². The number of nitrogens with one attached hydrogen (secondary N) is 1. The standard InChI is InChI=1S/C14H20N2O/c1-10-3-7-12(8-4-10)16-14(2,13(15)17)9-11-5-6-11/h3-4,7-8,11,16H,5-6,9H2,1-2H3,(H2,15,17). The Morgan fingerprint density at radius 1 is 1.41 bits per heavy atom. The fraction of sp³-hybridized carbons (Fsp3) is 0.500. The number of nitrogens with two attached hydrogens (primary N) is 1. The molecular weight excluding hydrogens is 212 g/mol. The summed E-state index contributed by atoms with van der Waals surface area (Å²) >= 11 is 0. The first-order valence-corrected chi connectivity index (χ1v) is 6.14. The average Bonchev–Trinajstić information content (AvgIpc) is 3.05. The third-order valence-corrected chi connectivity index (χ3v) is 3.41. The van der Waals surface area contributed by atoms with Crippen molar-refractivity contribution >= 4 is 11.6 Å². The zero-order valence-corrected chi connectivity index (χ0v) is 10.5. The van der Waals surface area contributed by atoms with E-state index in [2.05, 4.69) is 5.32 Å². The molecule has 1 aromatic carbocycles. The summed E-state index contributed by atoms with van der Waals surface area (Å²) in [5, 5.41) is 3.28. The van der Waals surface area contributed by atoms with Crippen LogP contribution in [0.4, 0.5) is 5.69 Å². The zero-order valence-electron chi connectivity index (χ0n) is 10.5. The Labute approximate surface area is 102 Å². The van der Waals surface area contributed by atoms with E-state index >= 15 is 0 Å². The number of aryl methyl sites for hydroxylation is 1. The average molecular weight is 232 g/mol. The van der Waals surface area contributed by atoms with Gasteiger partial charge in [-0.3, -0.25) is 4.79 Å². The van der Waals surface area contributed by atoms with Crippen LogP contribution in [0.3, 0.4) is 0 Å². The van der Waals surface area contributed by atoms with Crippen molar-refractivity contribution in [3.05, 3.63) is 29.8 Å². The minimum absolute atomic E-state index is 0.273. The molecule has 1 atom stereocenters. The summed E-state index contributed by atoms with van der Waals surface area (Å²) in [6, 6.07) is 8.04. The molecule has 1 aromatic rings. The Hall–Kier alpha value is -1.51. The molecule has 92 valence electrons. The lowest BCUT2D eigenvalue weighted by molar-refractivity contribution is -0.122. The third kappa shape index (κ3) is 2.99. The molecule has 0 radical (unpaired) electrons. The number of benzene rings is 1. The molecule has 1 aliphatic rings. The van der Waals surface area contributed by atoms with Gasteiger partial charge in [-0.2, -0.15) is 0 Å². The van der Waals surface area contributed by atoms with Gasteiger partial charge in [0.25, 0.3) is 0 Å².